The van der Waals surface area contributed by atoms with Gasteiger partial charge in [0.05, 0.1) is 24.9 Å². The molecule has 0 aromatic heterocycles. The van der Waals surface area contributed by atoms with Crippen LogP contribution in [0.4, 0.5) is 0 Å². The number of hydrogen-bond donors (Lipinski definition) is 1. The molecule has 1 N–H and O–H groups in total. The molecule has 0 spiro atoms. The fourth-order valence-electron chi connectivity index (χ4n) is 2.88. The fraction of sp³-hybridized carbons (Fsp3) is 0.923. The molecule has 0 aromatic carbocycles. The number of nitrogens with one attached hydrogen (secondary N) is 1. The van der Waals surface area contributed by atoms with Gasteiger partial charge in [0.15, 0.2) is 0 Å². The van der Waals surface area contributed by atoms with E-state index in [1.165, 1.54) is 0 Å². The van der Waals surface area contributed by atoms with E-state index in [-0.39, 0.29) is 24.2 Å². The summed E-state index contributed by atoms with van der Waals surface area (Å²) in [7, 11) is 0. The summed E-state index contributed by atoms with van der Waals surface area (Å²) in [6.07, 6.45) is 5.41. The zero-order chi connectivity index (χ0) is 12.3. The number of carbonyl (C=O) groups excluding carboxylic acids is 1. The van der Waals surface area contributed by atoms with E-state index in [4.69, 9.17) is 4.74 Å². The van der Waals surface area contributed by atoms with Gasteiger partial charge in [-0.05, 0) is 25.7 Å². The van der Waals surface area contributed by atoms with E-state index >= 15 is 0 Å². The Morgan fingerprint density at radius 1 is 1.47 bits per heavy atom. The van der Waals surface area contributed by atoms with Crippen LogP contribution in [0.25, 0.3) is 0 Å². The number of ether oxygens (including phenoxy) is 1. The van der Waals surface area contributed by atoms with Gasteiger partial charge in [0.25, 0.3) is 0 Å². The van der Waals surface area contributed by atoms with Crippen LogP contribution in [-0.2, 0) is 9.53 Å². The van der Waals surface area contributed by atoms with Gasteiger partial charge in [0.1, 0.15) is 0 Å². The molecule has 0 aliphatic carbocycles. The Balaban J connectivity index is 2.06. The van der Waals surface area contributed by atoms with Gasteiger partial charge in [-0.25, -0.2) is 0 Å². The Morgan fingerprint density at radius 3 is 2.88 bits per heavy atom. The summed E-state index contributed by atoms with van der Waals surface area (Å²) in [6.45, 7) is 5.80. The van der Waals surface area contributed by atoms with Crippen molar-refractivity contribution in [3.8, 4) is 0 Å². The molecule has 3 atom stereocenters. The second-order valence-electron chi connectivity index (χ2n) is 5.05. The molecule has 0 saturated carbocycles. The highest BCUT2D eigenvalue weighted by Crippen LogP contribution is 2.24. The minimum absolute atomic E-state index is 0.0217. The first-order chi connectivity index (χ1) is 8.27. The SMILES string of the molecule is CCCC1NC(CC)C(=O)N1C1CCCOC1. The minimum atomic E-state index is 0.0217. The Kier molecular flexibility index (Phi) is 4.40. The third kappa shape index (κ3) is 2.63. The summed E-state index contributed by atoms with van der Waals surface area (Å²) in [4.78, 5) is 14.4. The molecule has 98 valence electrons. The Hall–Kier alpha value is -0.610. The van der Waals surface area contributed by atoms with Crippen LogP contribution < -0.4 is 5.32 Å². The topological polar surface area (TPSA) is 41.6 Å². The summed E-state index contributed by atoms with van der Waals surface area (Å²) in [5.41, 5.74) is 0. The maximum atomic E-state index is 12.3. The standard InChI is InChI=1S/C13H24N2O2/c1-3-6-12-14-11(4-2)13(16)15(12)10-7-5-8-17-9-10/h10-12,14H,3-9H2,1-2H3. The van der Waals surface area contributed by atoms with Gasteiger partial charge >= 0.3 is 0 Å². The number of carbonyl (C=O) groups is 1. The van der Waals surface area contributed by atoms with Gasteiger partial charge in [-0.15, -0.1) is 0 Å². The highest BCUT2D eigenvalue weighted by atomic mass is 16.5. The largest absolute Gasteiger partial charge is 0.379 e. The van der Waals surface area contributed by atoms with Crippen LogP contribution in [-0.4, -0.2) is 42.3 Å². The molecule has 2 rings (SSSR count). The molecule has 1 amide bonds. The van der Waals surface area contributed by atoms with Crippen molar-refractivity contribution >= 4 is 5.91 Å². The van der Waals surface area contributed by atoms with Crippen molar-refractivity contribution < 1.29 is 9.53 Å². The van der Waals surface area contributed by atoms with Gasteiger partial charge < -0.3 is 9.64 Å². The van der Waals surface area contributed by atoms with Crippen LogP contribution in [0.3, 0.4) is 0 Å². The van der Waals surface area contributed by atoms with Crippen LogP contribution in [0.5, 0.6) is 0 Å². The first kappa shape index (κ1) is 12.8. The Morgan fingerprint density at radius 2 is 2.29 bits per heavy atom. The average molecular weight is 240 g/mol. The molecule has 0 bridgehead atoms. The highest BCUT2D eigenvalue weighted by Gasteiger charge is 2.41. The monoisotopic (exact) mass is 240 g/mol. The van der Waals surface area contributed by atoms with Crippen molar-refractivity contribution in [1.82, 2.24) is 10.2 Å². The number of hydrogen-bond acceptors (Lipinski definition) is 3. The molecule has 0 aromatic rings. The summed E-state index contributed by atoms with van der Waals surface area (Å²) < 4.78 is 5.52. The summed E-state index contributed by atoms with van der Waals surface area (Å²) in [5.74, 6) is 0.279. The van der Waals surface area contributed by atoms with Gasteiger partial charge in [-0.3, -0.25) is 10.1 Å². The molecular weight excluding hydrogens is 216 g/mol. The summed E-state index contributed by atoms with van der Waals surface area (Å²) in [5, 5.41) is 3.46. The van der Waals surface area contributed by atoms with E-state index < -0.39 is 0 Å². The zero-order valence-electron chi connectivity index (χ0n) is 10.9. The molecule has 2 aliphatic rings. The third-order valence-electron chi connectivity index (χ3n) is 3.78. The van der Waals surface area contributed by atoms with Crippen molar-refractivity contribution in [3.05, 3.63) is 0 Å². The molecule has 4 heteroatoms. The van der Waals surface area contributed by atoms with Crippen molar-refractivity contribution in [2.45, 2.75) is 64.2 Å². The van der Waals surface area contributed by atoms with Gasteiger partial charge in [0.2, 0.25) is 5.91 Å². The molecular formula is C13H24N2O2. The van der Waals surface area contributed by atoms with Crippen molar-refractivity contribution in [1.29, 1.82) is 0 Å². The molecule has 2 aliphatic heterocycles. The second kappa shape index (κ2) is 5.83. The third-order valence-corrected chi connectivity index (χ3v) is 3.78. The van der Waals surface area contributed by atoms with Crippen LogP contribution in [0.2, 0.25) is 0 Å². The first-order valence-corrected chi connectivity index (χ1v) is 6.93. The predicted molar refractivity (Wildman–Crippen MR) is 66.6 cm³/mol. The van der Waals surface area contributed by atoms with Crippen LogP contribution in [0.1, 0.15) is 46.0 Å². The van der Waals surface area contributed by atoms with Gasteiger partial charge in [-0.1, -0.05) is 20.3 Å². The van der Waals surface area contributed by atoms with Crippen molar-refractivity contribution in [2.24, 2.45) is 0 Å². The molecule has 4 nitrogen and oxygen atoms in total. The minimum Gasteiger partial charge on any atom is -0.379 e. The lowest BCUT2D eigenvalue weighted by Gasteiger charge is -2.35. The molecule has 17 heavy (non-hydrogen) atoms. The lowest BCUT2D eigenvalue weighted by Crippen LogP contribution is -2.48. The van der Waals surface area contributed by atoms with Crippen LogP contribution in [0.15, 0.2) is 0 Å². The Bertz CT molecular complexity index is 264. The Labute approximate surface area is 104 Å². The maximum Gasteiger partial charge on any atom is 0.241 e. The van der Waals surface area contributed by atoms with E-state index in [1.54, 1.807) is 0 Å². The normalized spacial score (nSPS) is 34.4. The van der Waals surface area contributed by atoms with Crippen LogP contribution in [0, 0.1) is 0 Å². The predicted octanol–water partition coefficient (Wildman–Crippen LogP) is 1.50. The summed E-state index contributed by atoms with van der Waals surface area (Å²) in [6, 6.07) is 0.310. The quantitative estimate of drug-likeness (QED) is 0.809. The average Bonchev–Trinajstić information content (AvgIpc) is 2.67. The van der Waals surface area contributed by atoms with E-state index in [0.717, 1.165) is 38.7 Å². The van der Waals surface area contributed by atoms with E-state index in [9.17, 15) is 4.79 Å². The smallest absolute Gasteiger partial charge is 0.241 e. The zero-order valence-corrected chi connectivity index (χ0v) is 10.9. The first-order valence-electron chi connectivity index (χ1n) is 6.93. The van der Waals surface area contributed by atoms with Gasteiger partial charge in [-0.2, -0.15) is 0 Å². The van der Waals surface area contributed by atoms with E-state index in [2.05, 4.69) is 24.1 Å². The molecule has 2 saturated heterocycles. The molecule has 0 radical (unpaired) electrons. The van der Waals surface area contributed by atoms with E-state index in [0.29, 0.717) is 6.61 Å². The molecule has 2 fully saturated rings. The second-order valence-corrected chi connectivity index (χ2v) is 5.05. The van der Waals surface area contributed by atoms with Crippen LogP contribution >= 0.6 is 0 Å². The lowest BCUT2D eigenvalue weighted by molar-refractivity contribution is -0.135. The summed E-state index contributed by atoms with van der Waals surface area (Å²) >= 11 is 0. The number of rotatable bonds is 4. The molecule has 2 heterocycles. The van der Waals surface area contributed by atoms with Gasteiger partial charge in [0, 0.05) is 6.61 Å². The van der Waals surface area contributed by atoms with Crippen molar-refractivity contribution in [2.75, 3.05) is 13.2 Å². The highest BCUT2D eigenvalue weighted by molar-refractivity contribution is 5.84. The van der Waals surface area contributed by atoms with Crippen molar-refractivity contribution in [3.63, 3.8) is 0 Å². The lowest BCUT2D eigenvalue weighted by atomic mass is 10.1. The number of amides is 1. The maximum absolute atomic E-state index is 12.3. The fourth-order valence-corrected chi connectivity index (χ4v) is 2.88. The van der Waals surface area contributed by atoms with E-state index in [1.807, 2.05) is 0 Å². The number of nitrogens with zero attached hydrogens (tertiary/aromatic N) is 1. The molecule has 3 unspecified atom stereocenters.